The van der Waals surface area contributed by atoms with Gasteiger partial charge in [-0.15, -0.1) is 0 Å². The fourth-order valence-corrected chi connectivity index (χ4v) is 2.43. The first-order chi connectivity index (χ1) is 11.1. The number of hydrogen-bond donors (Lipinski definition) is 1. The molecule has 1 aromatic carbocycles. The normalized spacial score (nSPS) is 14.6. The molecule has 1 N–H and O–H groups in total. The molecule has 1 aliphatic rings. The number of hydrogen-bond acceptors (Lipinski definition) is 6. The lowest BCUT2D eigenvalue weighted by atomic mass is 10.1. The first kappa shape index (κ1) is 15.2. The van der Waals surface area contributed by atoms with Gasteiger partial charge in [0.1, 0.15) is 11.5 Å². The number of rotatable bonds is 4. The number of nitrogens with one attached hydrogen (secondary N) is 1. The van der Waals surface area contributed by atoms with Crippen LogP contribution in [0.3, 0.4) is 0 Å². The molecule has 7 nitrogen and oxygen atoms in total. The quantitative estimate of drug-likeness (QED) is 0.924. The molecule has 0 saturated carbocycles. The average molecular weight is 333 g/mol. The molecule has 0 fully saturated rings. The first-order valence-corrected chi connectivity index (χ1v) is 7.56. The monoisotopic (exact) mass is 333 g/mol. The predicted molar refractivity (Wildman–Crippen MR) is 82.2 cm³/mol. The van der Waals surface area contributed by atoms with Crippen molar-refractivity contribution >= 4 is 35.1 Å². The van der Waals surface area contributed by atoms with Crippen LogP contribution >= 0.6 is 11.7 Å². The second-order valence-corrected chi connectivity index (χ2v) is 5.43. The number of halogens is 1. The molecule has 0 radical (unpaired) electrons. The van der Waals surface area contributed by atoms with Crippen molar-refractivity contribution in [2.24, 2.45) is 5.10 Å². The van der Waals surface area contributed by atoms with Gasteiger partial charge in [0.15, 0.2) is 5.82 Å². The summed E-state index contributed by atoms with van der Waals surface area (Å²) in [5, 5.41) is 7.92. The second-order valence-electron chi connectivity index (χ2n) is 4.87. The predicted octanol–water partition coefficient (Wildman–Crippen LogP) is 1.79. The molecule has 0 aliphatic carbocycles. The van der Waals surface area contributed by atoms with Gasteiger partial charge < -0.3 is 5.32 Å². The highest BCUT2D eigenvalue weighted by molar-refractivity contribution is 6.99. The Kier molecular flexibility index (Phi) is 4.38. The summed E-state index contributed by atoms with van der Waals surface area (Å²) in [6, 6.07) is 5.79. The van der Waals surface area contributed by atoms with Gasteiger partial charge in [-0.2, -0.15) is 13.8 Å². The van der Waals surface area contributed by atoms with Crippen molar-refractivity contribution in [2.45, 2.75) is 19.4 Å². The molecule has 0 unspecified atom stereocenters. The Morgan fingerprint density at radius 1 is 1.30 bits per heavy atom. The summed E-state index contributed by atoms with van der Waals surface area (Å²) < 4.78 is 20.6. The first-order valence-electron chi connectivity index (χ1n) is 6.83. The van der Waals surface area contributed by atoms with Crippen LogP contribution in [0, 0.1) is 5.82 Å². The molecular weight excluding hydrogens is 321 g/mol. The molecule has 3 rings (SSSR count). The average Bonchev–Trinajstić information content (AvgIpc) is 3.04. The van der Waals surface area contributed by atoms with Crippen molar-refractivity contribution in [3.05, 3.63) is 41.8 Å². The molecule has 2 amide bonds. The number of nitrogens with zero attached hydrogens (tertiary/aromatic N) is 4. The fraction of sp³-hybridized carbons (Fsp3) is 0.214. The molecule has 0 spiro atoms. The number of carbonyl (C=O) groups excluding carboxylic acids is 2. The molecule has 1 aliphatic heterocycles. The van der Waals surface area contributed by atoms with Crippen molar-refractivity contribution < 1.29 is 14.0 Å². The highest BCUT2D eigenvalue weighted by Gasteiger charge is 2.25. The van der Waals surface area contributed by atoms with Crippen LogP contribution in [0.4, 0.5) is 10.2 Å². The van der Waals surface area contributed by atoms with Crippen molar-refractivity contribution in [1.82, 2.24) is 13.8 Å². The third-order valence-electron chi connectivity index (χ3n) is 3.22. The van der Waals surface area contributed by atoms with Crippen molar-refractivity contribution in [3.63, 3.8) is 0 Å². The van der Waals surface area contributed by atoms with Crippen LogP contribution in [0.15, 0.2) is 35.6 Å². The van der Waals surface area contributed by atoms with E-state index in [4.69, 9.17) is 0 Å². The molecule has 1 aromatic heterocycles. The smallest absolute Gasteiger partial charge is 0.273 e. The van der Waals surface area contributed by atoms with Gasteiger partial charge >= 0.3 is 0 Å². The topological polar surface area (TPSA) is 87.6 Å². The standard InChI is InChI=1S/C14H12FN5O2S/c15-10-3-1-9(2-4-10)8-20-13(21)6-5-11(18-20)14(22)17-12-7-16-23-19-12/h1-4,7H,5-6,8H2,(H,17,19,22). The van der Waals surface area contributed by atoms with E-state index in [0.29, 0.717) is 5.82 Å². The largest absolute Gasteiger partial charge is 0.303 e. The number of carbonyl (C=O) groups is 2. The van der Waals surface area contributed by atoms with E-state index in [1.807, 2.05) is 0 Å². The second kappa shape index (κ2) is 6.61. The van der Waals surface area contributed by atoms with Crippen molar-refractivity contribution in [2.75, 3.05) is 5.32 Å². The number of amides is 2. The highest BCUT2D eigenvalue weighted by Crippen LogP contribution is 2.15. The maximum Gasteiger partial charge on any atom is 0.273 e. The Labute approximate surface area is 135 Å². The summed E-state index contributed by atoms with van der Waals surface area (Å²) in [4.78, 5) is 24.1. The van der Waals surface area contributed by atoms with Crippen molar-refractivity contribution in [3.8, 4) is 0 Å². The zero-order chi connectivity index (χ0) is 16.2. The van der Waals surface area contributed by atoms with Gasteiger partial charge in [-0.3, -0.25) is 9.59 Å². The maximum atomic E-state index is 12.9. The van der Waals surface area contributed by atoms with Gasteiger partial charge in [-0.25, -0.2) is 9.40 Å². The van der Waals surface area contributed by atoms with E-state index >= 15 is 0 Å². The summed E-state index contributed by atoms with van der Waals surface area (Å²) in [5.41, 5.74) is 0.980. The Morgan fingerprint density at radius 3 is 2.78 bits per heavy atom. The zero-order valence-electron chi connectivity index (χ0n) is 11.9. The fourth-order valence-electron chi connectivity index (χ4n) is 2.06. The molecule has 2 aromatic rings. The van der Waals surface area contributed by atoms with Crippen LogP contribution in [0.5, 0.6) is 0 Å². The van der Waals surface area contributed by atoms with Gasteiger partial charge in [-0.1, -0.05) is 12.1 Å². The molecular formula is C14H12FN5O2S. The van der Waals surface area contributed by atoms with Gasteiger partial charge in [0.25, 0.3) is 5.91 Å². The Hall–Kier alpha value is -2.68. The van der Waals surface area contributed by atoms with E-state index < -0.39 is 5.91 Å². The van der Waals surface area contributed by atoms with Crippen LogP contribution in [-0.4, -0.2) is 31.3 Å². The molecule has 0 saturated heterocycles. The lowest BCUT2D eigenvalue weighted by molar-refractivity contribution is -0.132. The van der Waals surface area contributed by atoms with E-state index in [1.165, 1.54) is 23.3 Å². The molecule has 2 heterocycles. The Bertz CT molecular complexity index is 745. The summed E-state index contributed by atoms with van der Waals surface area (Å²) in [6.07, 6.45) is 1.90. The minimum Gasteiger partial charge on any atom is -0.303 e. The Balaban J connectivity index is 1.72. The minimum atomic E-state index is -0.408. The molecule has 9 heteroatoms. The van der Waals surface area contributed by atoms with Gasteiger partial charge in [-0.05, 0) is 17.7 Å². The molecule has 0 atom stereocenters. The molecule has 118 valence electrons. The van der Waals surface area contributed by atoms with Gasteiger partial charge in [0.05, 0.1) is 24.5 Å². The van der Waals surface area contributed by atoms with E-state index in [9.17, 15) is 14.0 Å². The van der Waals surface area contributed by atoms with E-state index in [-0.39, 0.29) is 36.8 Å². The van der Waals surface area contributed by atoms with Crippen molar-refractivity contribution in [1.29, 1.82) is 0 Å². The number of aromatic nitrogens is 2. The van der Waals surface area contributed by atoms with E-state index in [1.54, 1.807) is 12.1 Å². The van der Waals surface area contributed by atoms with Crippen LogP contribution in [0.1, 0.15) is 18.4 Å². The minimum absolute atomic E-state index is 0.179. The Morgan fingerprint density at radius 2 is 2.09 bits per heavy atom. The number of hydrazone groups is 1. The van der Waals surface area contributed by atoms with Crippen LogP contribution in [0.2, 0.25) is 0 Å². The van der Waals surface area contributed by atoms with E-state index in [2.05, 4.69) is 19.2 Å². The molecule has 23 heavy (non-hydrogen) atoms. The third-order valence-corrected chi connectivity index (χ3v) is 3.69. The molecule has 0 bridgehead atoms. The van der Waals surface area contributed by atoms with E-state index in [0.717, 1.165) is 17.3 Å². The summed E-state index contributed by atoms with van der Waals surface area (Å²) in [5.74, 6) is -0.584. The maximum absolute atomic E-state index is 12.9. The summed E-state index contributed by atoms with van der Waals surface area (Å²) >= 11 is 0.982. The highest BCUT2D eigenvalue weighted by atomic mass is 32.1. The lowest BCUT2D eigenvalue weighted by Crippen LogP contribution is -2.36. The lowest BCUT2D eigenvalue weighted by Gasteiger charge is -2.23. The van der Waals surface area contributed by atoms with Crippen LogP contribution in [-0.2, 0) is 16.1 Å². The van der Waals surface area contributed by atoms with Crippen LogP contribution in [0.25, 0.3) is 0 Å². The van der Waals surface area contributed by atoms with Gasteiger partial charge in [0.2, 0.25) is 5.91 Å². The SMILES string of the molecule is O=C(Nc1cnsn1)C1=NN(Cc2ccc(F)cc2)C(=O)CC1. The number of benzene rings is 1. The summed E-state index contributed by atoms with van der Waals surface area (Å²) in [7, 11) is 0. The third kappa shape index (κ3) is 3.75. The zero-order valence-corrected chi connectivity index (χ0v) is 12.7. The number of anilines is 1. The summed E-state index contributed by atoms with van der Waals surface area (Å²) in [6.45, 7) is 0.189. The van der Waals surface area contributed by atoms with Crippen LogP contribution < -0.4 is 5.32 Å². The van der Waals surface area contributed by atoms with Gasteiger partial charge in [0, 0.05) is 12.8 Å².